The number of benzene rings is 1. The molecule has 0 saturated carbocycles. The topological polar surface area (TPSA) is 110 Å². The van der Waals surface area contributed by atoms with Gasteiger partial charge in [-0.1, -0.05) is 29.5 Å². The molecule has 1 atom stereocenters. The van der Waals surface area contributed by atoms with E-state index in [-0.39, 0.29) is 21.9 Å². The van der Waals surface area contributed by atoms with E-state index >= 15 is 0 Å². The lowest BCUT2D eigenvalue weighted by atomic mass is 10.0. The van der Waals surface area contributed by atoms with Gasteiger partial charge in [-0.3, -0.25) is 4.79 Å². The minimum absolute atomic E-state index is 0.0428. The summed E-state index contributed by atoms with van der Waals surface area (Å²) >= 11 is 1.21. The maximum absolute atomic E-state index is 12.9. The second-order valence-corrected chi connectivity index (χ2v) is 10.2. The average Bonchev–Trinajstić information content (AvgIpc) is 3.40. The second-order valence-electron chi connectivity index (χ2n) is 7.29. The summed E-state index contributed by atoms with van der Waals surface area (Å²) < 4.78 is 28.8. The molecule has 0 aliphatic carbocycles. The summed E-state index contributed by atoms with van der Waals surface area (Å²) in [6, 6.07) is 7.51. The van der Waals surface area contributed by atoms with E-state index in [4.69, 9.17) is 0 Å². The van der Waals surface area contributed by atoms with Crippen molar-refractivity contribution in [3.63, 3.8) is 0 Å². The molecular weight excluding hydrogens is 424 g/mol. The van der Waals surface area contributed by atoms with Crippen molar-refractivity contribution in [2.45, 2.75) is 30.7 Å². The summed E-state index contributed by atoms with van der Waals surface area (Å²) in [5.74, 6) is -0.420. The van der Waals surface area contributed by atoms with Crippen LogP contribution >= 0.6 is 11.3 Å². The molecule has 9 nitrogen and oxygen atoms in total. The van der Waals surface area contributed by atoms with Crippen LogP contribution in [0.25, 0.3) is 0 Å². The van der Waals surface area contributed by atoms with Gasteiger partial charge in [0, 0.05) is 37.9 Å². The normalized spacial score (nSPS) is 17.7. The first-order valence-corrected chi connectivity index (χ1v) is 11.8. The minimum Gasteiger partial charge on any atom is -0.339 e. The number of rotatable bonds is 5. The third-order valence-electron chi connectivity index (χ3n) is 5.05. The van der Waals surface area contributed by atoms with Gasteiger partial charge in [-0.05, 0) is 31.4 Å². The Balaban J connectivity index is 1.48. The van der Waals surface area contributed by atoms with Gasteiger partial charge >= 0.3 is 0 Å². The fourth-order valence-corrected chi connectivity index (χ4v) is 5.75. The number of piperidine rings is 1. The summed E-state index contributed by atoms with van der Waals surface area (Å²) in [6.07, 6.45) is 4.47. The van der Waals surface area contributed by atoms with E-state index in [1.54, 1.807) is 11.6 Å². The molecule has 1 saturated heterocycles. The minimum atomic E-state index is -3.66. The molecule has 1 aliphatic rings. The first-order chi connectivity index (χ1) is 14.3. The molecule has 30 heavy (non-hydrogen) atoms. The largest absolute Gasteiger partial charge is 0.339 e. The van der Waals surface area contributed by atoms with Crippen LogP contribution in [0.2, 0.25) is 0 Å². The summed E-state index contributed by atoms with van der Waals surface area (Å²) in [5.41, 5.74) is 1.68. The van der Waals surface area contributed by atoms with E-state index in [1.165, 1.54) is 28.2 Å². The fraction of sp³-hybridized carbons (Fsp3) is 0.368. The van der Waals surface area contributed by atoms with Crippen LogP contribution < -0.4 is 5.32 Å². The van der Waals surface area contributed by atoms with E-state index in [1.807, 2.05) is 31.2 Å². The average molecular weight is 447 g/mol. The molecule has 11 heteroatoms. The van der Waals surface area contributed by atoms with E-state index < -0.39 is 10.0 Å². The number of hydrogen-bond acceptors (Lipinski definition) is 7. The molecule has 1 fully saturated rings. The van der Waals surface area contributed by atoms with Crippen molar-refractivity contribution in [2.75, 3.05) is 18.4 Å². The third-order valence-corrected chi connectivity index (χ3v) is 7.88. The zero-order valence-electron chi connectivity index (χ0n) is 16.6. The highest BCUT2D eigenvalue weighted by molar-refractivity contribution is 7.89. The number of anilines is 1. The van der Waals surface area contributed by atoms with Crippen molar-refractivity contribution in [2.24, 2.45) is 7.05 Å². The highest BCUT2D eigenvalue weighted by Gasteiger charge is 2.34. The van der Waals surface area contributed by atoms with Crippen LogP contribution in [0.15, 0.2) is 41.8 Å². The SMILES string of the molecule is Cc1ccccc1NC(=O)c1nnc(C2CCCN(S(=O)(=O)c3cn(C)cn3)C2)s1. The van der Waals surface area contributed by atoms with Gasteiger partial charge in [0.25, 0.3) is 15.9 Å². The van der Waals surface area contributed by atoms with E-state index in [0.717, 1.165) is 17.7 Å². The molecule has 1 amide bonds. The predicted molar refractivity (Wildman–Crippen MR) is 113 cm³/mol. The Kier molecular flexibility index (Phi) is 5.67. The smallest absolute Gasteiger partial charge is 0.286 e. The van der Waals surface area contributed by atoms with Gasteiger partial charge in [0.2, 0.25) is 5.01 Å². The number of aryl methyl sites for hydroxylation is 2. The molecule has 3 aromatic rings. The van der Waals surface area contributed by atoms with E-state index in [2.05, 4.69) is 20.5 Å². The quantitative estimate of drug-likeness (QED) is 0.644. The molecule has 1 N–H and O–H groups in total. The van der Waals surface area contributed by atoms with Crippen LogP contribution in [0, 0.1) is 6.92 Å². The van der Waals surface area contributed by atoms with Gasteiger partial charge in [-0.2, -0.15) is 4.31 Å². The summed E-state index contributed by atoms with van der Waals surface area (Å²) in [7, 11) is -1.93. The first kappa shape index (κ1) is 20.6. The maximum Gasteiger partial charge on any atom is 0.286 e. The van der Waals surface area contributed by atoms with Crippen molar-refractivity contribution in [1.82, 2.24) is 24.1 Å². The molecule has 1 aromatic carbocycles. The highest BCUT2D eigenvalue weighted by atomic mass is 32.2. The third kappa shape index (κ3) is 4.13. The number of nitrogens with zero attached hydrogens (tertiary/aromatic N) is 5. The molecule has 4 rings (SSSR count). The Bertz CT molecular complexity index is 1170. The highest BCUT2D eigenvalue weighted by Crippen LogP contribution is 2.31. The lowest BCUT2D eigenvalue weighted by Crippen LogP contribution is -2.39. The molecule has 0 radical (unpaired) electrons. The van der Waals surface area contributed by atoms with E-state index in [9.17, 15) is 13.2 Å². The van der Waals surface area contributed by atoms with Crippen LogP contribution in [0.5, 0.6) is 0 Å². The number of carbonyl (C=O) groups excluding carboxylic acids is 1. The van der Waals surface area contributed by atoms with Crippen molar-refractivity contribution in [3.05, 3.63) is 52.4 Å². The maximum atomic E-state index is 12.9. The number of sulfonamides is 1. The molecule has 1 aliphatic heterocycles. The van der Waals surface area contributed by atoms with Crippen LogP contribution in [-0.4, -0.2) is 51.5 Å². The van der Waals surface area contributed by atoms with Gasteiger partial charge in [0.15, 0.2) is 5.03 Å². The Morgan fingerprint density at radius 2 is 2.07 bits per heavy atom. The summed E-state index contributed by atoms with van der Waals surface area (Å²) in [5, 5.41) is 12.1. The second kappa shape index (κ2) is 8.25. The monoisotopic (exact) mass is 446 g/mol. The number of amides is 1. The zero-order valence-corrected chi connectivity index (χ0v) is 18.3. The number of para-hydroxylation sites is 1. The first-order valence-electron chi connectivity index (χ1n) is 9.53. The van der Waals surface area contributed by atoms with Gasteiger partial charge in [-0.15, -0.1) is 10.2 Å². The van der Waals surface area contributed by atoms with Gasteiger partial charge in [0.1, 0.15) is 5.01 Å². The molecule has 2 aromatic heterocycles. The molecule has 1 unspecified atom stereocenters. The van der Waals surface area contributed by atoms with Crippen LogP contribution in [0.4, 0.5) is 5.69 Å². The van der Waals surface area contributed by atoms with Crippen LogP contribution in [0.1, 0.15) is 39.1 Å². The Labute approximate surface area is 178 Å². The lowest BCUT2D eigenvalue weighted by molar-refractivity contribution is 0.102. The zero-order chi connectivity index (χ0) is 21.3. The molecule has 3 heterocycles. The van der Waals surface area contributed by atoms with Crippen LogP contribution in [-0.2, 0) is 17.1 Å². The molecular formula is C19H22N6O3S2. The standard InChI is InChI=1S/C19H22N6O3S2/c1-13-6-3-4-8-15(13)21-17(26)19-23-22-18(29-19)14-7-5-9-25(10-14)30(27,28)16-11-24(2)12-20-16/h3-4,6,8,11-12,14H,5,7,9-10H2,1-2H3,(H,21,26). The van der Waals surface area contributed by atoms with Crippen molar-refractivity contribution in [1.29, 1.82) is 0 Å². The predicted octanol–water partition coefficient (Wildman–Crippen LogP) is 2.40. The Morgan fingerprint density at radius 1 is 1.27 bits per heavy atom. The Morgan fingerprint density at radius 3 is 2.80 bits per heavy atom. The number of imidazole rings is 1. The summed E-state index contributed by atoms with van der Waals surface area (Å²) in [4.78, 5) is 16.5. The summed E-state index contributed by atoms with van der Waals surface area (Å²) in [6.45, 7) is 2.65. The fourth-order valence-electron chi connectivity index (χ4n) is 3.40. The van der Waals surface area contributed by atoms with Gasteiger partial charge in [0.05, 0.1) is 6.33 Å². The number of carbonyl (C=O) groups is 1. The van der Waals surface area contributed by atoms with Gasteiger partial charge < -0.3 is 9.88 Å². The van der Waals surface area contributed by atoms with Gasteiger partial charge in [-0.25, -0.2) is 13.4 Å². The molecule has 0 spiro atoms. The Hall–Kier alpha value is -2.63. The van der Waals surface area contributed by atoms with Crippen molar-refractivity contribution in [3.8, 4) is 0 Å². The lowest BCUT2D eigenvalue weighted by Gasteiger charge is -2.30. The van der Waals surface area contributed by atoms with Crippen molar-refractivity contribution >= 4 is 33.0 Å². The number of hydrogen-bond donors (Lipinski definition) is 1. The number of aromatic nitrogens is 4. The van der Waals surface area contributed by atoms with Crippen LogP contribution in [0.3, 0.4) is 0 Å². The molecule has 0 bridgehead atoms. The number of nitrogens with one attached hydrogen (secondary N) is 1. The van der Waals surface area contributed by atoms with E-state index in [0.29, 0.717) is 24.5 Å². The van der Waals surface area contributed by atoms with Crippen molar-refractivity contribution < 1.29 is 13.2 Å². The molecule has 158 valence electrons.